The van der Waals surface area contributed by atoms with Crippen molar-refractivity contribution in [1.29, 1.82) is 0 Å². The molecule has 6 aromatic rings. The van der Waals surface area contributed by atoms with Gasteiger partial charge in [-0.3, -0.25) is 0 Å². The Hall–Kier alpha value is -3.42. The molecular formula is C31H28O. The minimum atomic E-state index is 0.312. The Morgan fingerprint density at radius 2 is 1.12 bits per heavy atom. The monoisotopic (exact) mass is 416 g/mol. The quantitative estimate of drug-likeness (QED) is 0.175. The molecule has 0 heterocycles. The Kier molecular flexibility index (Phi) is 5.75. The Bertz CT molecular complexity index is 1430. The highest BCUT2D eigenvalue weighted by Crippen LogP contribution is 2.40. The van der Waals surface area contributed by atoms with E-state index in [0.29, 0.717) is 6.61 Å². The molecule has 0 atom stereocenters. The van der Waals surface area contributed by atoms with Crippen LogP contribution in [0.4, 0.5) is 0 Å². The van der Waals surface area contributed by atoms with Crippen molar-refractivity contribution in [2.75, 3.05) is 6.61 Å². The minimum absolute atomic E-state index is 0.312. The average molecular weight is 417 g/mol. The number of benzene rings is 6. The lowest BCUT2D eigenvalue weighted by Crippen LogP contribution is -1.87. The molecule has 0 fully saturated rings. The van der Waals surface area contributed by atoms with Crippen LogP contribution >= 0.6 is 0 Å². The van der Waals surface area contributed by atoms with Crippen molar-refractivity contribution in [1.82, 2.24) is 0 Å². The molecule has 6 aromatic carbocycles. The number of hydrogen-bond donors (Lipinski definition) is 1. The predicted molar refractivity (Wildman–Crippen MR) is 139 cm³/mol. The molecule has 0 aliphatic rings. The fraction of sp³-hybridized carbons (Fsp3) is 0.161. The zero-order valence-electron chi connectivity index (χ0n) is 18.5. The van der Waals surface area contributed by atoms with Crippen LogP contribution in [0, 0.1) is 6.92 Å². The summed E-state index contributed by atoms with van der Waals surface area (Å²) >= 11 is 0. The van der Waals surface area contributed by atoms with Gasteiger partial charge >= 0.3 is 0 Å². The molecule has 0 saturated heterocycles. The average Bonchev–Trinajstić information content (AvgIpc) is 2.85. The molecule has 0 saturated carbocycles. The van der Waals surface area contributed by atoms with E-state index in [-0.39, 0.29) is 0 Å². The SMILES string of the molecule is Cc1ccc2c3cccc4cccc(c5cccc1c52)c43.OCCCCc1ccccc1. The molecule has 1 N–H and O–H groups in total. The van der Waals surface area contributed by atoms with Crippen LogP contribution in [0.1, 0.15) is 24.0 Å². The van der Waals surface area contributed by atoms with Crippen molar-refractivity contribution < 1.29 is 5.11 Å². The maximum Gasteiger partial charge on any atom is 0.0431 e. The maximum absolute atomic E-state index is 8.54. The van der Waals surface area contributed by atoms with Crippen molar-refractivity contribution in [3.63, 3.8) is 0 Å². The lowest BCUT2D eigenvalue weighted by molar-refractivity contribution is 0.284. The molecule has 0 aliphatic heterocycles. The Labute approximate surface area is 189 Å². The number of aliphatic hydroxyl groups excluding tert-OH is 1. The maximum atomic E-state index is 8.54. The number of rotatable bonds is 4. The lowest BCUT2D eigenvalue weighted by Gasteiger charge is -2.15. The Morgan fingerprint density at radius 1 is 0.531 bits per heavy atom. The van der Waals surface area contributed by atoms with E-state index in [9.17, 15) is 0 Å². The zero-order valence-corrected chi connectivity index (χ0v) is 18.5. The first-order valence-electron chi connectivity index (χ1n) is 11.5. The third kappa shape index (κ3) is 3.70. The van der Waals surface area contributed by atoms with Crippen LogP contribution in [-0.2, 0) is 6.42 Å². The molecule has 0 bridgehead atoms. The molecule has 0 aromatic heterocycles. The molecule has 158 valence electrons. The molecule has 0 unspecified atom stereocenters. The highest BCUT2D eigenvalue weighted by atomic mass is 16.2. The molecule has 6 rings (SSSR count). The lowest BCUT2D eigenvalue weighted by atomic mass is 9.89. The van der Waals surface area contributed by atoms with Crippen molar-refractivity contribution >= 4 is 43.1 Å². The molecule has 0 amide bonds. The van der Waals surface area contributed by atoms with Gasteiger partial charge in [-0.1, -0.05) is 97.1 Å². The van der Waals surface area contributed by atoms with Crippen LogP contribution in [0.3, 0.4) is 0 Å². The summed E-state index contributed by atoms with van der Waals surface area (Å²) in [4.78, 5) is 0. The van der Waals surface area contributed by atoms with Crippen LogP contribution in [0.5, 0.6) is 0 Å². The summed E-state index contributed by atoms with van der Waals surface area (Å²) in [5, 5.41) is 19.5. The summed E-state index contributed by atoms with van der Waals surface area (Å²) in [7, 11) is 0. The van der Waals surface area contributed by atoms with Gasteiger partial charge in [-0.15, -0.1) is 0 Å². The van der Waals surface area contributed by atoms with E-state index < -0.39 is 0 Å². The fourth-order valence-electron chi connectivity index (χ4n) is 4.88. The summed E-state index contributed by atoms with van der Waals surface area (Å²) in [5.41, 5.74) is 2.71. The first-order valence-corrected chi connectivity index (χ1v) is 11.5. The number of hydrogen-bond acceptors (Lipinski definition) is 1. The van der Waals surface area contributed by atoms with Crippen LogP contribution < -0.4 is 0 Å². The number of aliphatic hydroxyl groups is 1. The largest absolute Gasteiger partial charge is 0.396 e. The van der Waals surface area contributed by atoms with E-state index in [1.807, 2.05) is 18.2 Å². The van der Waals surface area contributed by atoms with Crippen LogP contribution in [0.15, 0.2) is 97.1 Å². The summed E-state index contributed by atoms with van der Waals surface area (Å²) in [6.45, 7) is 2.51. The highest BCUT2D eigenvalue weighted by molar-refractivity contribution is 6.33. The van der Waals surface area contributed by atoms with E-state index in [4.69, 9.17) is 5.11 Å². The highest BCUT2D eigenvalue weighted by Gasteiger charge is 2.12. The summed E-state index contributed by atoms with van der Waals surface area (Å²) in [6.07, 6.45) is 3.08. The van der Waals surface area contributed by atoms with Crippen LogP contribution in [0.2, 0.25) is 0 Å². The molecule has 1 nitrogen and oxygen atoms in total. The molecule has 0 radical (unpaired) electrons. The van der Waals surface area contributed by atoms with Crippen LogP contribution in [-0.4, -0.2) is 11.7 Å². The predicted octanol–water partition coefficient (Wildman–Crippen LogP) is 8.05. The Morgan fingerprint density at radius 3 is 1.81 bits per heavy atom. The fourth-order valence-corrected chi connectivity index (χ4v) is 4.88. The van der Waals surface area contributed by atoms with Gasteiger partial charge in [0.2, 0.25) is 0 Å². The van der Waals surface area contributed by atoms with E-state index >= 15 is 0 Å². The summed E-state index contributed by atoms with van der Waals surface area (Å²) in [6, 6.07) is 34.8. The molecule has 0 spiro atoms. The topological polar surface area (TPSA) is 20.2 Å². The molecular weight excluding hydrogens is 388 g/mol. The first kappa shape index (κ1) is 20.5. The summed E-state index contributed by atoms with van der Waals surface area (Å²) < 4.78 is 0. The number of fused-ring (bicyclic) bond motifs is 2. The summed E-state index contributed by atoms with van der Waals surface area (Å²) in [5.74, 6) is 0. The van der Waals surface area contributed by atoms with Gasteiger partial charge in [0.05, 0.1) is 0 Å². The van der Waals surface area contributed by atoms with Crippen molar-refractivity contribution in [2.45, 2.75) is 26.2 Å². The van der Waals surface area contributed by atoms with E-state index in [1.54, 1.807) is 0 Å². The minimum Gasteiger partial charge on any atom is -0.396 e. The van der Waals surface area contributed by atoms with Crippen molar-refractivity contribution in [3.05, 3.63) is 108 Å². The third-order valence-corrected chi connectivity index (χ3v) is 6.46. The van der Waals surface area contributed by atoms with Gasteiger partial charge in [-0.25, -0.2) is 0 Å². The van der Waals surface area contributed by atoms with Gasteiger partial charge in [0.15, 0.2) is 0 Å². The smallest absolute Gasteiger partial charge is 0.0431 e. The van der Waals surface area contributed by atoms with Crippen LogP contribution in [0.25, 0.3) is 43.1 Å². The second-order valence-corrected chi connectivity index (χ2v) is 8.53. The first-order chi connectivity index (χ1) is 15.8. The molecule has 32 heavy (non-hydrogen) atoms. The molecule has 0 aliphatic carbocycles. The van der Waals surface area contributed by atoms with E-state index in [1.165, 1.54) is 54.2 Å². The van der Waals surface area contributed by atoms with Gasteiger partial charge in [0, 0.05) is 6.61 Å². The van der Waals surface area contributed by atoms with Crippen molar-refractivity contribution in [2.24, 2.45) is 0 Å². The standard InChI is InChI=1S/C21H14.C10H14O/c1-13-11-12-19-17-9-3-6-14-5-2-8-16(20(14)17)18-10-4-7-15(13)21(18)19;11-9-5-4-8-10-6-2-1-3-7-10/h2-12H,1H3;1-3,6-7,11H,4-5,8-9H2. The second kappa shape index (κ2) is 8.98. The van der Waals surface area contributed by atoms with Gasteiger partial charge < -0.3 is 5.11 Å². The Balaban J connectivity index is 0.000000168. The normalized spacial score (nSPS) is 11.3. The number of aryl methyl sites for hydroxylation is 2. The second-order valence-electron chi connectivity index (χ2n) is 8.53. The molecule has 1 heteroatoms. The van der Waals surface area contributed by atoms with Gasteiger partial charge in [0.25, 0.3) is 0 Å². The number of unbranched alkanes of at least 4 members (excludes halogenated alkanes) is 1. The van der Waals surface area contributed by atoms with E-state index in [0.717, 1.165) is 19.3 Å². The van der Waals surface area contributed by atoms with Crippen molar-refractivity contribution in [3.8, 4) is 0 Å². The van der Waals surface area contributed by atoms with E-state index in [2.05, 4.69) is 85.8 Å². The zero-order chi connectivity index (χ0) is 21.9. The van der Waals surface area contributed by atoms with Gasteiger partial charge in [-0.05, 0) is 80.4 Å². The van der Waals surface area contributed by atoms with Gasteiger partial charge in [0.1, 0.15) is 0 Å². The third-order valence-electron chi connectivity index (χ3n) is 6.46. The van der Waals surface area contributed by atoms with Gasteiger partial charge in [-0.2, -0.15) is 0 Å².